The molecule has 3 amide bonds. The molecular weight excluding hydrogens is 338 g/mol. The maximum Gasteiger partial charge on any atom is 0.317 e. The number of piperazine rings is 1. The number of rotatable bonds is 7. The summed E-state index contributed by atoms with van der Waals surface area (Å²) in [6.45, 7) is 11.0. The van der Waals surface area contributed by atoms with Crippen LogP contribution in [0.4, 0.5) is 4.79 Å². The van der Waals surface area contributed by atoms with Crippen molar-refractivity contribution in [2.75, 3.05) is 26.2 Å². The van der Waals surface area contributed by atoms with Crippen LogP contribution in [0.5, 0.6) is 0 Å². The molecular formula is C22H35N3O2. The lowest BCUT2D eigenvalue weighted by Gasteiger charge is -2.35. The van der Waals surface area contributed by atoms with Gasteiger partial charge in [0.15, 0.2) is 0 Å². The Kier molecular flexibility index (Phi) is 8.14. The van der Waals surface area contributed by atoms with Crippen molar-refractivity contribution < 1.29 is 9.59 Å². The molecule has 0 radical (unpaired) electrons. The zero-order chi connectivity index (χ0) is 19.8. The van der Waals surface area contributed by atoms with Crippen molar-refractivity contribution in [3.63, 3.8) is 0 Å². The number of urea groups is 1. The van der Waals surface area contributed by atoms with Crippen LogP contribution in [0.1, 0.15) is 51.2 Å². The highest BCUT2D eigenvalue weighted by Gasteiger charge is 2.24. The van der Waals surface area contributed by atoms with Crippen molar-refractivity contribution in [1.82, 2.24) is 15.1 Å². The maximum absolute atomic E-state index is 12.5. The highest BCUT2D eigenvalue weighted by Crippen LogP contribution is 2.11. The van der Waals surface area contributed by atoms with Gasteiger partial charge in [-0.3, -0.25) is 4.79 Å². The summed E-state index contributed by atoms with van der Waals surface area (Å²) in [5.74, 6) is 0.847. The molecule has 1 saturated heterocycles. The number of carbonyl (C=O) groups is 2. The maximum atomic E-state index is 12.5. The fourth-order valence-corrected chi connectivity index (χ4v) is 3.36. The van der Waals surface area contributed by atoms with E-state index in [-0.39, 0.29) is 18.0 Å². The number of hydrogen-bond donors (Lipinski definition) is 1. The number of carbonyl (C=O) groups excluding carboxylic acids is 2. The van der Waals surface area contributed by atoms with Gasteiger partial charge in [-0.1, -0.05) is 56.5 Å². The van der Waals surface area contributed by atoms with Crippen LogP contribution in [0.15, 0.2) is 24.3 Å². The van der Waals surface area contributed by atoms with Gasteiger partial charge in [-0.25, -0.2) is 4.79 Å². The Morgan fingerprint density at radius 1 is 0.963 bits per heavy atom. The molecule has 1 aromatic carbocycles. The van der Waals surface area contributed by atoms with Crippen LogP contribution in [0.3, 0.4) is 0 Å². The number of amides is 3. The predicted molar refractivity (Wildman–Crippen MR) is 110 cm³/mol. The predicted octanol–water partition coefficient (Wildman–Crippen LogP) is 3.61. The zero-order valence-corrected chi connectivity index (χ0v) is 17.3. The van der Waals surface area contributed by atoms with Crippen LogP contribution in [0.25, 0.3) is 0 Å². The molecule has 0 spiro atoms. The van der Waals surface area contributed by atoms with Gasteiger partial charge in [-0.05, 0) is 31.7 Å². The van der Waals surface area contributed by atoms with Crippen LogP contribution >= 0.6 is 0 Å². The molecule has 2 rings (SSSR count). The van der Waals surface area contributed by atoms with E-state index in [0.29, 0.717) is 38.5 Å². The first-order valence-electron chi connectivity index (χ1n) is 10.2. The summed E-state index contributed by atoms with van der Waals surface area (Å²) in [7, 11) is 0. The number of benzene rings is 1. The fourth-order valence-electron chi connectivity index (χ4n) is 3.36. The van der Waals surface area contributed by atoms with Gasteiger partial charge in [-0.15, -0.1) is 0 Å². The lowest BCUT2D eigenvalue weighted by Crippen LogP contribution is -2.54. The number of aryl methyl sites for hydroxylation is 1. The molecule has 5 nitrogen and oxygen atoms in total. The van der Waals surface area contributed by atoms with Gasteiger partial charge in [0.1, 0.15) is 0 Å². The SMILES string of the molecule is Cc1ccc(CC(=O)N2CCN(C(=O)NC(C)CCCC(C)C)CC2)cc1. The van der Waals surface area contributed by atoms with Crippen LogP contribution in [0.2, 0.25) is 0 Å². The third-order valence-corrected chi connectivity index (χ3v) is 5.18. The van der Waals surface area contributed by atoms with E-state index in [1.54, 1.807) is 0 Å². The van der Waals surface area contributed by atoms with E-state index in [2.05, 4.69) is 26.1 Å². The first kappa shape index (κ1) is 21.3. The van der Waals surface area contributed by atoms with E-state index in [1.165, 1.54) is 12.0 Å². The Labute approximate surface area is 164 Å². The molecule has 27 heavy (non-hydrogen) atoms. The molecule has 5 heteroatoms. The van der Waals surface area contributed by atoms with E-state index in [9.17, 15) is 9.59 Å². The Balaban J connectivity index is 1.71. The molecule has 0 saturated carbocycles. The Bertz CT molecular complexity index is 604. The average molecular weight is 374 g/mol. The smallest absolute Gasteiger partial charge is 0.317 e. The summed E-state index contributed by atoms with van der Waals surface area (Å²) in [4.78, 5) is 28.6. The van der Waals surface area contributed by atoms with Gasteiger partial charge in [0, 0.05) is 32.2 Å². The lowest BCUT2D eigenvalue weighted by atomic mass is 10.0. The van der Waals surface area contributed by atoms with Gasteiger partial charge >= 0.3 is 6.03 Å². The van der Waals surface area contributed by atoms with Crippen molar-refractivity contribution in [3.05, 3.63) is 35.4 Å². The van der Waals surface area contributed by atoms with Crippen molar-refractivity contribution >= 4 is 11.9 Å². The zero-order valence-electron chi connectivity index (χ0n) is 17.3. The van der Waals surface area contributed by atoms with E-state index in [0.717, 1.165) is 18.4 Å². The van der Waals surface area contributed by atoms with Crippen LogP contribution in [0, 0.1) is 12.8 Å². The minimum absolute atomic E-state index is 0.00215. The lowest BCUT2D eigenvalue weighted by molar-refractivity contribution is -0.131. The van der Waals surface area contributed by atoms with Crippen molar-refractivity contribution in [3.8, 4) is 0 Å². The second kappa shape index (κ2) is 10.3. The Morgan fingerprint density at radius 3 is 2.15 bits per heavy atom. The largest absolute Gasteiger partial charge is 0.339 e. The second-order valence-corrected chi connectivity index (χ2v) is 8.21. The first-order valence-corrected chi connectivity index (χ1v) is 10.2. The minimum atomic E-state index is -0.00215. The van der Waals surface area contributed by atoms with E-state index < -0.39 is 0 Å². The molecule has 1 fully saturated rings. The quantitative estimate of drug-likeness (QED) is 0.794. The third-order valence-electron chi connectivity index (χ3n) is 5.18. The number of nitrogens with one attached hydrogen (secondary N) is 1. The van der Waals surface area contributed by atoms with Crippen molar-refractivity contribution in [1.29, 1.82) is 0 Å². The third kappa shape index (κ3) is 7.24. The van der Waals surface area contributed by atoms with Crippen molar-refractivity contribution in [2.24, 2.45) is 5.92 Å². The molecule has 0 bridgehead atoms. The topological polar surface area (TPSA) is 52.7 Å². The van der Waals surface area contributed by atoms with E-state index in [1.807, 2.05) is 41.0 Å². The summed E-state index contributed by atoms with van der Waals surface area (Å²) < 4.78 is 0. The normalized spacial score (nSPS) is 15.7. The molecule has 1 N–H and O–H groups in total. The molecule has 0 aromatic heterocycles. The summed E-state index contributed by atoms with van der Waals surface area (Å²) in [5, 5.41) is 3.10. The average Bonchev–Trinajstić information content (AvgIpc) is 2.63. The summed E-state index contributed by atoms with van der Waals surface area (Å²) in [5.41, 5.74) is 2.24. The molecule has 1 heterocycles. The number of nitrogens with zero attached hydrogens (tertiary/aromatic N) is 2. The van der Waals surface area contributed by atoms with E-state index >= 15 is 0 Å². The number of hydrogen-bond acceptors (Lipinski definition) is 2. The molecule has 150 valence electrons. The monoisotopic (exact) mass is 373 g/mol. The highest BCUT2D eigenvalue weighted by molar-refractivity contribution is 5.79. The van der Waals surface area contributed by atoms with Gasteiger partial charge < -0.3 is 15.1 Å². The summed E-state index contributed by atoms with van der Waals surface area (Å²) >= 11 is 0. The summed E-state index contributed by atoms with van der Waals surface area (Å²) in [6.07, 6.45) is 3.78. The molecule has 1 aliphatic heterocycles. The molecule has 1 aromatic rings. The Hall–Kier alpha value is -2.04. The second-order valence-electron chi connectivity index (χ2n) is 8.21. The molecule has 1 atom stereocenters. The minimum Gasteiger partial charge on any atom is -0.339 e. The van der Waals surface area contributed by atoms with Gasteiger partial charge in [0.25, 0.3) is 0 Å². The van der Waals surface area contributed by atoms with Gasteiger partial charge in [-0.2, -0.15) is 0 Å². The first-order chi connectivity index (χ1) is 12.8. The molecule has 0 aliphatic carbocycles. The summed E-state index contributed by atoms with van der Waals surface area (Å²) in [6, 6.07) is 8.28. The standard InChI is InChI=1S/C22H35N3O2/c1-17(2)6-5-7-19(4)23-22(27)25-14-12-24(13-15-25)21(26)16-20-10-8-18(3)9-11-20/h8-11,17,19H,5-7,12-16H2,1-4H3,(H,23,27). The van der Waals surface area contributed by atoms with Gasteiger partial charge in [0.05, 0.1) is 6.42 Å². The Morgan fingerprint density at radius 2 is 1.56 bits per heavy atom. The molecule has 1 unspecified atom stereocenters. The molecule has 1 aliphatic rings. The highest BCUT2D eigenvalue weighted by atomic mass is 16.2. The van der Waals surface area contributed by atoms with Crippen LogP contribution in [-0.4, -0.2) is 54.0 Å². The van der Waals surface area contributed by atoms with Crippen molar-refractivity contribution in [2.45, 2.75) is 59.4 Å². The van der Waals surface area contributed by atoms with E-state index in [4.69, 9.17) is 0 Å². The fraction of sp³-hybridized carbons (Fsp3) is 0.636. The van der Waals surface area contributed by atoms with Crippen LogP contribution < -0.4 is 5.32 Å². The van der Waals surface area contributed by atoms with Gasteiger partial charge in [0.2, 0.25) is 5.91 Å². The van der Waals surface area contributed by atoms with Crippen LogP contribution in [-0.2, 0) is 11.2 Å².